The van der Waals surface area contributed by atoms with E-state index in [9.17, 15) is 14.7 Å². The number of ketones is 1. The molecule has 2 fully saturated rings. The number of carbonyl (C=O) groups excluding carboxylic acids is 2. The predicted octanol–water partition coefficient (Wildman–Crippen LogP) is 4.07. The van der Waals surface area contributed by atoms with Crippen LogP contribution in [0.15, 0.2) is 60.2 Å². The van der Waals surface area contributed by atoms with Gasteiger partial charge >= 0.3 is 0 Å². The highest BCUT2D eigenvalue weighted by atomic mass is 16.5. The van der Waals surface area contributed by atoms with Gasteiger partial charge in [-0.05, 0) is 56.5 Å². The number of benzene rings is 2. The van der Waals surface area contributed by atoms with Crippen LogP contribution in [0.3, 0.4) is 0 Å². The van der Waals surface area contributed by atoms with E-state index < -0.39 is 17.7 Å². The van der Waals surface area contributed by atoms with Gasteiger partial charge < -0.3 is 19.5 Å². The zero-order chi connectivity index (χ0) is 22.0. The van der Waals surface area contributed by atoms with Gasteiger partial charge in [0.1, 0.15) is 11.5 Å². The summed E-state index contributed by atoms with van der Waals surface area (Å²) in [5.74, 6) is -0.791. The summed E-state index contributed by atoms with van der Waals surface area (Å²) in [4.78, 5) is 27.5. The fourth-order valence-corrected chi connectivity index (χ4v) is 4.18. The van der Waals surface area contributed by atoms with Crippen LogP contribution in [0, 0.1) is 0 Å². The second-order valence-electron chi connectivity index (χ2n) is 8.19. The van der Waals surface area contributed by atoms with Crippen LogP contribution in [0.4, 0.5) is 0 Å². The van der Waals surface area contributed by atoms with E-state index in [-0.39, 0.29) is 23.5 Å². The predicted molar refractivity (Wildman–Crippen MR) is 117 cm³/mol. The van der Waals surface area contributed by atoms with Gasteiger partial charge in [-0.25, -0.2) is 0 Å². The monoisotopic (exact) mass is 421 g/mol. The number of nitrogens with zero attached hydrogens (tertiary/aromatic N) is 1. The first-order valence-corrected chi connectivity index (χ1v) is 10.7. The molecule has 0 saturated carbocycles. The van der Waals surface area contributed by atoms with Gasteiger partial charge in [0.15, 0.2) is 0 Å². The van der Waals surface area contributed by atoms with E-state index in [0.29, 0.717) is 24.5 Å². The Labute approximate surface area is 182 Å². The highest BCUT2D eigenvalue weighted by Gasteiger charge is 2.46. The molecular formula is C25H27NO5. The Hall–Kier alpha value is -3.12. The first-order valence-electron chi connectivity index (χ1n) is 10.7. The van der Waals surface area contributed by atoms with E-state index in [4.69, 9.17) is 9.47 Å². The van der Waals surface area contributed by atoms with E-state index in [1.165, 1.54) is 4.90 Å². The molecule has 2 aliphatic heterocycles. The normalized spacial score (nSPS) is 23.0. The fraction of sp³-hybridized carbons (Fsp3) is 0.360. The molecule has 0 bridgehead atoms. The molecule has 1 N–H and O–H groups in total. The third-order valence-corrected chi connectivity index (χ3v) is 5.58. The van der Waals surface area contributed by atoms with Crippen LogP contribution in [0.5, 0.6) is 5.75 Å². The van der Waals surface area contributed by atoms with E-state index in [0.717, 1.165) is 18.4 Å². The molecule has 2 aromatic rings. The van der Waals surface area contributed by atoms with Crippen molar-refractivity contribution in [2.45, 2.75) is 44.9 Å². The zero-order valence-corrected chi connectivity index (χ0v) is 17.8. The molecule has 0 aliphatic carbocycles. The Kier molecular flexibility index (Phi) is 6.09. The number of Topliss-reactive ketones (excluding diaryl/α,β-unsaturated/α-hetero) is 1. The zero-order valence-electron chi connectivity index (χ0n) is 17.8. The van der Waals surface area contributed by atoms with Gasteiger partial charge in [-0.15, -0.1) is 0 Å². The molecule has 0 aromatic heterocycles. The van der Waals surface area contributed by atoms with E-state index in [1.807, 2.05) is 44.2 Å². The molecule has 31 heavy (non-hydrogen) atoms. The summed E-state index contributed by atoms with van der Waals surface area (Å²) in [5, 5.41) is 11.1. The Bertz CT molecular complexity index is 975. The largest absolute Gasteiger partial charge is 0.507 e. The molecule has 4 rings (SSSR count). The van der Waals surface area contributed by atoms with Crippen molar-refractivity contribution < 1.29 is 24.2 Å². The van der Waals surface area contributed by atoms with Gasteiger partial charge in [0.25, 0.3) is 11.7 Å². The van der Waals surface area contributed by atoms with Gasteiger partial charge in [-0.3, -0.25) is 9.59 Å². The second-order valence-corrected chi connectivity index (χ2v) is 8.19. The van der Waals surface area contributed by atoms with Gasteiger partial charge in [0.2, 0.25) is 0 Å². The minimum Gasteiger partial charge on any atom is -0.507 e. The molecule has 2 unspecified atom stereocenters. The second kappa shape index (κ2) is 8.94. The summed E-state index contributed by atoms with van der Waals surface area (Å²) in [6, 6.07) is 15.6. The summed E-state index contributed by atoms with van der Waals surface area (Å²) >= 11 is 0. The van der Waals surface area contributed by atoms with Gasteiger partial charge in [0.05, 0.1) is 23.8 Å². The molecular weight excluding hydrogens is 394 g/mol. The van der Waals surface area contributed by atoms with Crippen molar-refractivity contribution >= 4 is 17.4 Å². The molecule has 0 spiro atoms. The van der Waals surface area contributed by atoms with Crippen LogP contribution in [-0.4, -0.2) is 47.1 Å². The van der Waals surface area contributed by atoms with Crippen LogP contribution in [-0.2, 0) is 14.3 Å². The smallest absolute Gasteiger partial charge is 0.295 e. The molecule has 0 radical (unpaired) electrons. The number of carbonyl (C=O) groups is 2. The molecule has 6 heteroatoms. The number of likely N-dealkylation sites (tertiary alicyclic amines) is 1. The van der Waals surface area contributed by atoms with E-state index in [1.54, 1.807) is 24.3 Å². The van der Waals surface area contributed by atoms with Gasteiger partial charge in [-0.2, -0.15) is 0 Å². The van der Waals surface area contributed by atoms with Gasteiger partial charge in [0, 0.05) is 18.7 Å². The first kappa shape index (κ1) is 21.1. The fourth-order valence-electron chi connectivity index (χ4n) is 4.18. The van der Waals surface area contributed by atoms with Crippen LogP contribution in [0.2, 0.25) is 0 Å². The van der Waals surface area contributed by atoms with Crippen molar-refractivity contribution in [1.29, 1.82) is 0 Å². The minimum absolute atomic E-state index is 0.0284. The van der Waals surface area contributed by atoms with Crippen molar-refractivity contribution in [3.8, 4) is 5.75 Å². The SMILES string of the molecule is CC(C)Oc1ccc(/C(O)=C2/C(=O)C(=O)N(CC3CCCO3)C2c2ccccc2)cc1. The van der Waals surface area contributed by atoms with Crippen LogP contribution in [0.1, 0.15) is 43.9 Å². The molecule has 6 nitrogen and oxygen atoms in total. The average Bonchev–Trinajstić information content (AvgIpc) is 3.36. The lowest BCUT2D eigenvalue weighted by atomic mass is 9.95. The number of hydrogen-bond donors (Lipinski definition) is 1. The van der Waals surface area contributed by atoms with Crippen molar-refractivity contribution in [3.05, 3.63) is 71.3 Å². The summed E-state index contributed by atoms with van der Waals surface area (Å²) in [7, 11) is 0. The standard InChI is InChI=1S/C25H27NO5/c1-16(2)31-19-12-10-18(11-13-19)23(27)21-22(17-7-4-3-5-8-17)26(25(29)24(21)28)15-20-9-6-14-30-20/h3-5,7-8,10-13,16,20,22,27H,6,9,14-15H2,1-2H3/b23-21-. The number of ether oxygens (including phenoxy) is 2. The molecule has 1 amide bonds. The molecule has 2 aliphatic rings. The summed E-state index contributed by atoms with van der Waals surface area (Å²) < 4.78 is 11.4. The number of hydrogen-bond acceptors (Lipinski definition) is 5. The highest BCUT2D eigenvalue weighted by molar-refractivity contribution is 6.46. The maximum absolute atomic E-state index is 13.0. The minimum atomic E-state index is -0.674. The molecule has 2 saturated heterocycles. The number of aliphatic hydroxyl groups excluding tert-OH is 1. The lowest BCUT2D eigenvalue weighted by Gasteiger charge is -2.27. The molecule has 162 valence electrons. The average molecular weight is 421 g/mol. The van der Waals surface area contributed by atoms with Gasteiger partial charge in [-0.1, -0.05) is 30.3 Å². The molecule has 2 heterocycles. The number of aliphatic hydroxyl groups is 1. The highest BCUT2D eigenvalue weighted by Crippen LogP contribution is 2.40. The van der Waals surface area contributed by atoms with Crippen molar-refractivity contribution in [2.75, 3.05) is 13.2 Å². The lowest BCUT2D eigenvalue weighted by Crippen LogP contribution is -2.36. The topological polar surface area (TPSA) is 76.1 Å². The van der Waals surface area contributed by atoms with Crippen molar-refractivity contribution in [1.82, 2.24) is 4.90 Å². The summed E-state index contributed by atoms with van der Waals surface area (Å²) in [6.45, 7) is 4.85. The van der Waals surface area contributed by atoms with Crippen molar-refractivity contribution in [2.24, 2.45) is 0 Å². The van der Waals surface area contributed by atoms with Crippen LogP contribution >= 0.6 is 0 Å². The number of amides is 1. The molecule has 2 aromatic carbocycles. The van der Waals surface area contributed by atoms with Crippen LogP contribution in [0.25, 0.3) is 5.76 Å². The third kappa shape index (κ3) is 4.35. The van der Waals surface area contributed by atoms with Crippen LogP contribution < -0.4 is 4.74 Å². The third-order valence-electron chi connectivity index (χ3n) is 5.58. The summed E-state index contributed by atoms with van der Waals surface area (Å²) in [5.41, 5.74) is 1.35. The number of rotatable bonds is 6. The first-order chi connectivity index (χ1) is 15.0. The quantitative estimate of drug-likeness (QED) is 0.432. The van der Waals surface area contributed by atoms with E-state index >= 15 is 0 Å². The summed E-state index contributed by atoms with van der Waals surface area (Å²) in [6.07, 6.45) is 1.72. The maximum Gasteiger partial charge on any atom is 0.295 e. The lowest BCUT2D eigenvalue weighted by molar-refractivity contribution is -0.140. The Balaban J connectivity index is 1.74. The van der Waals surface area contributed by atoms with E-state index in [2.05, 4.69) is 0 Å². The Morgan fingerprint density at radius 3 is 2.45 bits per heavy atom. The molecule has 2 atom stereocenters. The Morgan fingerprint density at radius 1 is 1.13 bits per heavy atom. The Morgan fingerprint density at radius 2 is 1.84 bits per heavy atom. The van der Waals surface area contributed by atoms with Crippen molar-refractivity contribution in [3.63, 3.8) is 0 Å². The maximum atomic E-state index is 13.0.